The predicted molar refractivity (Wildman–Crippen MR) is 56.9 cm³/mol. The standard InChI is InChI=1S/C9H11BFNO4/c1-2-16-9(13)12-7-5-3-4-6(8(7)11)10(14)15/h3-5,14-15H,2H2,1H3,(H,12,13). The van der Waals surface area contributed by atoms with Gasteiger partial charge in [0.05, 0.1) is 12.3 Å². The van der Waals surface area contributed by atoms with Gasteiger partial charge in [-0.3, -0.25) is 5.32 Å². The third-order valence-corrected chi connectivity index (χ3v) is 1.82. The molecule has 86 valence electrons. The molecule has 0 bridgehead atoms. The van der Waals surface area contributed by atoms with E-state index in [0.717, 1.165) is 0 Å². The summed E-state index contributed by atoms with van der Waals surface area (Å²) in [6, 6.07) is 3.88. The van der Waals surface area contributed by atoms with E-state index in [1.54, 1.807) is 6.92 Å². The number of hydrogen-bond acceptors (Lipinski definition) is 4. The van der Waals surface area contributed by atoms with Crippen LogP contribution in [-0.2, 0) is 4.74 Å². The molecule has 1 rings (SSSR count). The van der Waals surface area contributed by atoms with Crippen molar-refractivity contribution in [3.05, 3.63) is 24.0 Å². The molecular weight excluding hydrogens is 216 g/mol. The van der Waals surface area contributed by atoms with E-state index in [1.807, 2.05) is 0 Å². The van der Waals surface area contributed by atoms with Crippen LogP contribution in [0, 0.1) is 5.82 Å². The van der Waals surface area contributed by atoms with Crippen LogP contribution < -0.4 is 10.8 Å². The minimum absolute atomic E-state index is 0.162. The lowest BCUT2D eigenvalue weighted by molar-refractivity contribution is 0.168. The van der Waals surface area contributed by atoms with E-state index in [4.69, 9.17) is 10.0 Å². The Bertz CT molecular complexity index is 386. The Hall–Kier alpha value is -1.60. The molecule has 3 N–H and O–H groups in total. The van der Waals surface area contributed by atoms with Crippen LogP contribution in [-0.4, -0.2) is 29.9 Å². The summed E-state index contributed by atoms with van der Waals surface area (Å²) in [5, 5.41) is 19.8. The van der Waals surface area contributed by atoms with Crippen molar-refractivity contribution >= 4 is 24.4 Å². The first kappa shape index (κ1) is 12.5. The lowest BCUT2D eigenvalue weighted by atomic mass is 9.79. The van der Waals surface area contributed by atoms with E-state index in [0.29, 0.717) is 0 Å². The first-order valence-electron chi connectivity index (χ1n) is 4.64. The molecule has 0 aliphatic carbocycles. The first-order valence-corrected chi connectivity index (χ1v) is 4.64. The molecule has 0 atom stereocenters. The summed E-state index contributed by atoms with van der Waals surface area (Å²) >= 11 is 0. The largest absolute Gasteiger partial charge is 0.491 e. The highest BCUT2D eigenvalue weighted by atomic mass is 19.1. The van der Waals surface area contributed by atoms with Crippen LogP contribution in [0.3, 0.4) is 0 Å². The highest BCUT2D eigenvalue weighted by molar-refractivity contribution is 6.58. The third-order valence-electron chi connectivity index (χ3n) is 1.82. The zero-order valence-electron chi connectivity index (χ0n) is 8.61. The molecule has 0 saturated heterocycles. The smallest absolute Gasteiger partial charge is 0.450 e. The lowest BCUT2D eigenvalue weighted by Crippen LogP contribution is -2.33. The predicted octanol–water partition coefficient (Wildman–Crippen LogP) is 0.0739. The zero-order chi connectivity index (χ0) is 12.1. The van der Waals surface area contributed by atoms with Crippen LogP contribution in [0.15, 0.2) is 18.2 Å². The number of ether oxygens (including phenoxy) is 1. The molecule has 1 amide bonds. The van der Waals surface area contributed by atoms with Crippen molar-refractivity contribution in [2.24, 2.45) is 0 Å². The number of rotatable bonds is 3. The van der Waals surface area contributed by atoms with Gasteiger partial charge < -0.3 is 14.8 Å². The fourth-order valence-corrected chi connectivity index (χ4v) is 1.12. The average Bonchev–Trinajstić information content (AvgIpc) is 2.21. The van der Waals surface area contributed by atoms with Gasteiger partial charge in [0, 0.05) is 5.46 Å². The van der Waals surface area contributed by atoms with Gasteiger partial charge in [-0.2, -0.15) is 0 Å². The SMILES string of the molecule is CCOC(=O)Nc1cccc(B(O)O)c1F. The number of benzene rings is 1. The molecule has 5 nitrogen and oxygen atoms in total. The van der Waals surface area contributed by atoms with Gasteiger partial charge in [0.1, 0.15) is 5.82 Å². The Morgan fingerprint density at radius 3 is 2.81 bits per heavy atom. The molecule has 7 heteroatoms. The molecule has 0 fully saturated rings. The number of anilines is 1. The number of halogens is 1. The molecule has 0 aromatic heterocycles. The molecule has 0 unspecified atom stereocenters. The molecule has 16 heavy (non-hydrogen) atoms. The normalized spacial score (nSPS) is 9.75. The summed E-state index contributed by atoms with van der Waals surface area (Å²) in [6.45, 7) is 1.78. The van der Waals surface area contributed by atoms with Crippen LogP contribution in [0.5, 0.6) is 0 Å². The number of amides is 1. The van der Waals surface area contributed by atoms with E-state index in [2.05, 4.69) is 10.1 Å². The van der Waals surface area contributed by atoms with Crippen LogP contribution >= 0.6 is 0 Å². The van der Waals surface area contributed by atoms with Gasteiger partial charge in [0.2, 0.25) is 0 Å². The van der Waals surface area contributed by atoms with Crippen molar-refractivity contribution in [2.75, 3.05) is 11.9 Å². The number of nitrogens with one attached hydrogen (secondary N) is 1. The molecule has 1 aromatic rings. The Kier molecular flexibility index (Phi) is 4.27. The Morgan fingerprint density at radius 1 is 1.56 bits per heavy atom. The summed E-state index contributed by atoms with van der Waals surface area (Å²) in [5.41, 5.74) is -0.474. The third kappa shape index (κ3) is 2.95. The molecule has 1 aromatic carbocycles. The van der Waals surface area contributed by atoms with Gasteiger partial charge in [-0.15, -0.1) is 0 Å². The average molecular weight is 227 g/mol. The topological polar surface area (TPSA) is 78.8 Å². The second kappa shape index (κ2) is 5.48. The molecular formula is C9H11BFNO4. The summed E-state index contributed by atoms with van der Waals surface area (Å²) in [4.78, 5) is 11.0. The van der Waals surface area contributed by atoms with Gasteiger partial charge in [0.15, 0.2) is 0 Å². The van der Waals surface area contributed by atoms with Gasteiger partial charge in [-0.1, -0.05) is 12.1 Å². The Balaban J connectivity index is 2.89. The highest BCUT2D eigenvalue weighted by Crippen LogP contribution is 2.11. The van der Waals surface area contributed by atoms with Crippen molar-refractivity contribution in [1.29, 1.82) is 0 Å². The number of carbonyl (C=O) groups is 1. The van der Waals surface area contributed by atoms with Gasteiger partial charge in [-0.05, 0) is 13.0 Å². The Morgan fingerprint density at radius 2 is 2.25 bits per heavy atom. The summed E-state index contributed by atoms with van der Waals surface area (Å²) in [6.07, 6.45) is -0.800. The van der Waals surface area contributed by atoms with Gasteiger partial charge >= 0.3 is 13.2 Å². The Labute approximate surface area is 92.0 Å². The van der Waals surface area contributed by atoms with Crippen molar-refractivity contribution in [2.45, 2.75) is 6.92 Å². The second-order valence-corrected chi connectivity index (χ2v) is 2.93. The van der Waals surface area contributed by atoms with Crippen molar-refractivity contribution in [3.63, 3.8) is 0 Å². The van der Waals surface area contributed by atoms with Gasteiger partial charge in [0.25, 0.3) is 0 Å². The quantitative estimate of drug-likeness (QED) is 0.638. The fraction of sp³-hybridized carbons (Fsp3) is 0.222. The molecule has 0 aliphatic rings. The first-order chi connectivity index (χ1) is 7.56. The van der Waals surface area contributed by atoms with Gasteiger partial charge in [-0.25, -0.2) is 9.18 Å². The monoisotopic (exact) mass is 227 g/mol. The minimum atomic E-state index is -1.93. The van der Waals surface area contributed by atoms with E-state index in [9.17, 15) is 9.18 Å². The fourth-order valence-electron chi connectivity index (χ4n) is 1.12. The molecule has 0 aliphatic heterocycles. The number of carbonyl (C=O) groups excluding carboxylic acids is 1. The maximum Gasteiger partial charge on any atom is 0.491 e. The second-order valence-electron chi connectivity index (χ2n) is 2.93. The van der Waals surface area contributed by atoms with E-state index in [-0.39, 0.29) is 17.8 Å². The van der Waals surface area contributed by atoms with Crippen LogP contribution in [0.1, 0.15) is 6.92 Å². The van der Waals surface area contributed by atoms with Crippen LogP contribution in [0.4, 0.5) is 14.9 Å². The summed E-state index contributed by atoms with van der Waals surface area (Å²) in [7, 11) is -1.93. The summed E-state index contributed by atoms with van der Waals surface area (Å²) < 4.78 is 18.1. The molecule has 0 heterocycles. The van der Waals surface area contributed by atoms with Crippen molar-refractivity contribution < 1.29 is 24.0 Å². The zero-order valence-corrected chi connectivity index (χ0v) is 8.61. The van der Waals surface area contributed by atoms with E-state index >= 15 is 0 Å². The van der Waals surface area contributed by atoms with E-state index < -0.39 is 19.0 Å². The van der Waals surface area contributed by atoms with Crippen LogP contribution in [0.2, 0.25) is 0 Å². The maximum absolute atomic E-state index is 13.5. The summed E-state index contributed by atoms with van der Waals surface area (Å²) in [5.74, 6) is -0.898. The molecule has 0 spiro atoms. The van der Waals surface area contributed by atoms with Crippen LogP contribution in [0.25, 0.3) is 0 Å². The number of hydrogen-bond donors (Lipinski definition) is 3. The van der Waals surface area contributed by atoms with E-state index in [1.165, 1.54) is 18.2 Å². The molecule has 0 radical (unpaired) electrons. The lowest BCUT2D eigenvalue weighted by Gasteiger charge is -2.08. The van der Waals surface area contributed by atoms with Crippen molar-refractivity contribution in [3.8, 4) is 0 Å². The maximum atomic E-state index is 13.5. The highest BCUT2D eigenvalue weighted by Gasteiger charge is 2.19. The minimum Gasteiger partial charge on any atom is -0.450 e. The van der Waals surface area contributed by atoms with Crippen molar-refractivity contribution in [1.82, 2.24) is 0 Å². The molecule has 0 saturated carbocycles.